The van der Waals surface area contributed by atoms with E-state index in [1.165, 1.54) is 34.7 Å². The molecular weight excluding hydrogens is 444 g/mol. The van der Waals surface area contributed by atoms with Crippen LogP contribution < -0.4 is 5.32 Å². The number of thioether (sulfide) groups is 2. The first kappa shape index (κ1) is 22.7. The summed E-state index contributed by atoms with van der Waals surface area (Å²) in [6, 6.07) is 31.8. The number of rotatable bonds is 6. The van der Waals surface area contributed by atoms with Gasteiger partial charge in [-0.05, 0) is 55.0 Å². The van der Waals surface area contributed by atoms with E-state index in [1.54, 1.807) is 6.07 Å². The maximum Gasteiger partial charge on any atom is 0.256 e. The second-order valence-electron chi connectivity index (χ2n) is 7.59. The van der Waals surface area contributed by atoms with Crippen LogP contribution in [0.3, 0.4) is 0 Å². The van der Waals surface area contributed by atoms with Crippen molar-refractivity contribution in [2.24, 2.45) is 0 Å². The Morgan fingerprint density at radius 3 is 1.88 bits per heavy atom. The summed E-state index contributed by atoms with van der Waals surface area (Å²) in [6.07, 6.45) is 0. The van der Waals surface area contributed by atoms with Crippen molar-refractivity contribution in [3.05, 3.63) is 118 Å². The van der Waals surface area contributed by atoms with Gasteiger partial charge in [0.1, 0.15) is 11.8 Å². The Bertz CT molecular complexity index is 1310. The predicted molar refractivity (Wildman–Crippen MR) is 138 cm³/mol. The zero-order valence-corrected chi connectivity index (χ0v) is 20.0. The van der Waals surface area contributed by atoms with Crippen LogP contribution in [0.25, 0.3) is 10.8 Å². The third-order valence-electron chi connectivity index (χ3n) is 5.05. The molecule has 5 heteroatoms. The summed E-state index contributed by atoms with van der Waals surface area (Å²) < 4.78 is 0.721. The van der Waals surface area contributed by atoms with Crippen LogP contribution in [-0.4, -0.2) is 5.91 Å². The molecule has 0 aromatic heterocycles. The van der Waals surface area contributed by atoms with Gasteiger partial charge in [0.2, 0.25) is 0 Å². The fourth-order valence-electron chi connectivity index (χ4n) is 3.28. The minimum Gasteiger partial charge on any atom is -0.312 e. The normalized spacial score (nSPS) is 10.5. The van der Waals surface area contributed by atoms with Crippen molar-refractivity contribution in [3.63, 3.8) is 0 Å². The fourth-order valence-corrected chi connectivity index (χ4v) is 5.39. The molecule has 0 unspecified atom stereocenters. The molecule has 0 radical (unpaired) electrons. The van der Waals surface area contributed by atoms with Crippen LogP contribution in [0, 0.1) is 25.2 Å². The maximum absolute atomic E-state index is 13.2. The summed E-state index contributed by atoms with van der Waals surface area (Å²) in [6.45, 7) is 4.08. The third-order valence-corrected chi connectivity index (χ3v) is 7.35. The second-order valence-corrected chi connectivity index (χ2v) is 10.0. The molecule has 4 rings (SSSR count). The van der Waals surface area contributed by atoms with Crippen LogP contribution in [0.2, 0.25) is 0 Å². The van der Waals surface area contributed by atoms with Gasteiger partial charge in [-0.25, -0.2) is 0 Å². The topological polar surface area (TPSA) is 52.9 Å². The van der Waals surface area contributed by atoms with E-state index in [1.807, 2.05) is 98.8 Å². The van der Waals surface area contributed by atoms with Crippen molar-refractivity contribution in [1.29, 1.82) is 5.26 Å². The highest BCUT2D eigenvalue weighted by molar-refractivity contribution is 8.22. The van der Waals surface area contributed by atoms with Gasteiger partial charge in [0.15, 0.2) is 0 Å². The van der Waals surface area contributed by atoms with Crippen LogP contribution in [-0.2, 0) is 0 Å². The molecule has 0 aliphatic heterocycles. The number of hydrogen-bond acceptors (Lipinski definition) is 4. The number of aryl methyl sites for hydroxylation is 2. The average Bonchev–Trinajstić information content (AvgIpc) is 2.84. The van der Waals surface area contributed by atoms with Gasteiger partial charge < -0.3 is 5.32 Å². The number of nitriles is 1. The zero-order valence-electron chi connectivity index (χ0n) is 18.3. The van der Waals surface area contributed by atoms with Crippen LogP contribution in [0.5, 0.6) is 0 Å². The highest BCUT2D eigenvalue weighted by atomic mass is 32.2. The van der Waals surface area contributed by atoms with Crippen molar-refractivity contribution in [2.45, 2.75) is 23.6 Å². The molecule has 1 amide bonds. The molecule has 0 aliphatic rings. The summed E-state index contributed by atoms with van der Waals surface area (Å²) in [5, 5.41) is 14.7. The monoisotopic (exact) mass is 466 g/mol. The molecule has 4 aromatic rings. The van der Waals surface area contributed by atoms with Crippen molar-refractivity contribution in [2.75, 3.05) is 0 Å². The summed E-state index contributed by atoms with van der Waals surface area (Å²) in [4.78, 5) is 15.2. The summed E-state index contributed by atoms with van der Waals surface area (Å²) in [5.74, 6) is -0.296. The Morgan fingerprint density at radius 2 is 1.30 bits per heavy atom. The molecule has 0 heterocycles. The van der Waals surface area contributed by atoms with E-state index in [4.69, 9.17) is 0 Å². The van der Waals surface area contributed by atoms with Crippen LogP contribution in [0.1, 0.15) is 21.5 Å². The van der Waals surface area contributed by atoms with E-state index < -0.39 is 0 Å². The minimum atomic E-state index is -0.296. The maximum atomic E-state index is 13.2. The lowest BCUT2D eigenvalue weighted by Crippen LogP contribution is -2.23. The molecule has 0 fully saturated rings. The lowest BCUT2D eigenvalue weighted by atomic mass is 10.0. The molecule has 1 N–H and O–H groups in total. The zero-order chi connectivity index (χ0) is 23.2. The number of carbonyl (C=O) groups excluding carboxylic acids is 1. The third kappa shape index (κ3) is 5.67. The van der Waals surface area contributed by atoms with Gasteiger partial charge in [-0.1, -0.05) is 95.3 Å². The number of fused-ring (bicyclic) bond motifs is 1. The number of benzene rings is 4. The molecule has 0 atom stereocenters. The molecule has 33 heavy (non-hydrogen) atoms. The Kier molecular flexibility index (Phi) is 7.19. The number of nitrogens with zero attached hydrogens (tertiary/aromatic N) is 1. The van der Waals surface area contributed by atoms with Crippen LogP contribution in [0.4, 0.5) is 0 Å². The summed E-state index contributed by atoms with van der Waals surface area (Å²) >= 11 is 2.95. The van der Waals surface area contributed by atoms with Crippen molar-refractivity contribution < 1.29 is 4.79 Å². The molecule has 0 aliphatic carbocycles. The first-order valence-electron chi connectivity index (χ1n) is 10.5. The number of carbonyl (C=O) groups is 1. The largest absolute Gasteiger partial charge is 0.312 e. The smallest absolute Gasteiger partial charge is 0.256 e. The van der Waals surface area contributed by atoms with Gasteiger partial charge in [0.25, 0.3) is 5.91 Å². The quantitative estimate of drug-likeness (QED) is 0.237. The van der Waals surface area contributed by atoms with E-state index in [0.717, 1.165) is 24.8 Å². The van der Waals surface area contributed by atoms with Crippen molar-refractivity contribution >= 4 is 40.2 Å². The second kappa shape index (κ2) is 10.4. The molecule has 3 nitrogen and oxygen atoms in total. The molecule has 0 spiro atoms. The van der Waals surface area contributed by atoms with E-state index in [9.17, 15) is 10.1 Å². The molecule has 0 bridgehead atoms. The van der Waals surface area contributed by atoms with Gasteiger partial charge in [0.05, 0.1) is 4.24 Å². The first-order valence-corrected chi connectivity index (χ1v) is 12.1. The highest BCUT2D eigenvalue weighted by Gasteiger charge is 2.17. The van der Waals surface area contributed by atoms with E-state index in [-0.39, 0.29) is 11.6 Å². The lowest BCUT2D eigenvalue weighted by Gasteiger charge is -2.13. The molecular formula is C28H22N2OS2. The Labute approximate surface area is 202 Å². The van der Waals surface area contributed by atoms with Gasteiger partial charge in [-0.2, -0.15) is 5.26 Å². The highest BCUT2D eigenvalue weighted by Crippen LogP contribution is 2.41. The summed E-state index contributed by atoms with van der Waals surface area (Å²) in [7, 11) is 0. The molecule has 4 aromatic carbocycles. The first-order chi connectivity index (χ1) is 16.0. The van der Waals surface area contributed by atoms with Gasteiger partial charge in [-0.3, -0.25) is 4.79 Å². The van der Waals surface area contributed by atoms with E-state index in [0.29, 0.717) is 5.56 Å². The number of nitrogens with one attached hydrogen (secondary N) is 1. The van der Waals surface area contributed by atoms with Gasteiger partial charge >= 0.3 is 0 Å². The fraction of sp³-hybridized carbons (Fsp3) is 0.0714. The van der Waals surface area contributed by atoms with E-state index >= 15 is 0 Å². The summed E-state index contributed by atoms with van der Waals surface area (Å²) in [5.41, 5.74) is 3.12. The predicted octanol–water partition coefficient (Wildman–Crippen LogP) is 7.46. The number of allylic oxidation sites excluding steroid dienone is 1. The molecule has 0 saturated carbocycles. The van der Waals surface area contributed by atoms with Gasteiger partial charge in [-0.15, -0.1) is 0 Å². The SMILES string of the molecule is Cc1ccc(SC(Sc2ccc(C)cc2)=C(C#N)NC(=O)c2cccc3ccccc23)cc1. The Balaban J connectivity index is 1.70. The van der Waals surface area contributed by atoms with Crippen molar-refractivity contribution in [1.82, 2.24) is 5.32 Å². The number of amides is 1. The average molecular weight is 467 g/mol. The standard InChI is InChI=1S/C28H22N2OS2/c1-19-10-14-22(15-11-19)32-28(33-23-16-12-20(2)13-17-23)26(18-29)30-27(31)25-9-5-7-21-6-3-4-8-24(21)25/h3-17H,1-2H3,(H,30,31). The lowest BCUT2D eigenvalue weighted by molar-refractivity contribution is 0.0969. The molecule has 162 valence electrons. The van der Waals surface area contributed by atoms with Crippen LogP contribution >= 0.6 is 23.5 Å². The Hall–Kier alpha value is -3.46. The number of hydrogen-bond donors (Lipinski definition) is 1. The minimum absolute atomic E-state index is 0.240. The molecule has 0 saturated heterocycles. The Morgan fingerprint density at radius 1 is 0.758 bits per heavy atom. The van der Waals surface area contributed by atoms with E-state index in [2.05, 4.69) is 11.4 Å². The van der Waals surface area contributed by atoms with Crippen LogP contribution in [0.15, 0.2) is 111 Å². The van der Waals surface area contributed by atoms with Crippen molar-refractivity contribution in [3.8, 4) is 6.07 Å². The van der Waals surface area contributed by atoms with Gasteiger partial charge in [0, 0.05) is 15.4 Å².